The van der Waals surface area contributed by atoms with Crippen LogP contribution in [0.1, 0.15) is 18.5 Å². The van der Waals surface area contributed by atoms with Crippen LogP contribution in [0.25, 0.3) is 10.8 Å². The molecular weight excluding hydrogens is 310 g/mol. The highest BCUT2D eigenvalue weighted by Gasteiger charge is 2.24. The van der Waals surface area contributed by atoms with Gasteiger partial charge in [0.2, 0.25) is 0 Å². The number of rotatable bonds is 2. The molecule has 4 rings (SSSR count). The van der Waals surface area contributed by atoms with Gasteiger partial charge in [-0.3, -0.25) is 0 Å². The van der Waals surface area contributed by atoms with E-state index in [1.54, 1.807) is 0 Å². The molecule has 0 spiro atoms. The largest absolute Gasteiger partial charge is 0.369 e. The van der Waals surface area contributed by atoms with Gasteiger partial charge in [-0.1, -0.05) is 24.3 Å². The molecule has 2 aliphatic rings. The second-order valence-corrected chi connectivity index (χ2v) is 7.53. The van der Waals surface area contributed by atoms with E-state index in [9.17, 15) is 0 Å². The highest BCUT2D eigenvalue weighted by molar-refractivity contribution is 6.01. The Morgan fingerprint density at radius 2 is 1.56 bits per heavy atom. The van der Waals surface area contributed by atoms with E-state index < -0.39 is 0 Å². The van der Waals surface area contributed by atoms with E-state index in [-0.39, 0.29) is 0 Å². The molecule has 2 aliphatic heterocycles. The van der Waals surface area contributed by atoms with Crippen LogP contribution in [0.3, 0.4) is 0 Å². The summed E-state index contributed by atoms with van der Waals surface area (Å²) in [6.07, 6.45) is 2.13. The van der Waals surface area contributed by atoms with E-state index in [4.69, 9.17) is 10.7 Å². The average molecular weight is 339 g/mol. The summed E-state index contributed by atoms with van der Waals surface area (Å²) >= 11 is 0. The number of anilines is 2. The summed E-state index contributed by atoms with van der Waals surface area (Å²) in [5.41, 5.74) is 8.55. The van der Waals surface area contributed by atoms with E-state index in [0.29, 0.717) is 6.04 Å². The highest BCUT2D eigenvalue weighted by atomic mass is 15.3. The van der Waals surface area contributed by atoms with Gasteiger partial charge in [-0.25, -0.2) is 4.98 Å². The molecule has 2 saturated heterocycles. The van der Waals surface area contributed by atoms with E-state index in [1.807, 2.05) is 0 Å². The molecule has 2 N–H and O–H groups in total. The van der Waals surface area contributed by atoms with Crippen molar-refractivity contribution in [1.29, 1.82) is 0 Å². The molecule has 0 aliphatic carbocycles. The predicted octanol–water partition coefficient (Wildman–Crippen LogP) is 2.22. The normalized spacial score (nSPS) is 20.4. The number of benzene rings is 1. The first-order chi connectivity index (χ1) is 12.1. The Kier molecular flexibility index (Phi) is 4.52. The lowest BCUT2D eigenvalue weighted by atomic mass is 10.0. The van der Waals surface area contributed by atoms with Gasteiger partial charge in [-0.05, 0) is 26.8 Å². The maximum Gasteiger partial charge on any atom is 0.136 e. The van der Waals surface area contributed by atoms with Crippen LogP contribution in [-0.2, 0) is 0 Å². The average Bonchev–Trinajstić information content (AvgIpc) is 2.63. The predicted molar refractivity (Wildman–Crippen MR) is 106 cm³/mol. The van der Waals surface area contributed by atoms with E-state index in [0.717, 1.165) is 63.6 Å². The summed E-state index contributed by atoms with van der Waals surface area (Å²) in [5.74, 6) is 1.15. The van der Waals surface area contributed by atoms with Gasteiger partial charge in [-0.15, -0.1) is 0 Å². The zero-order chi connectivity index (χ0) is 17.4. The Morgan fingerprint density at radius 1 is 0.920 bits per heavy atom. The summed E-state index contributed by atoms with van der Waals surface area (Å²) < 4.78 is 0. The second kappa shape index (κ2) is 6.81. The smallest absolute Gasteiger partial charge is 0.136 e. The van der Waals surface area contributed by atoms with Gasteiger partial charge in [0.1, 0.15) is 5.82 Å². The summed E-state index contributed by atoms with van der Waals surface area (Å²) in [5, 5.41) is 2.61. The third-order valence-corrected chi connectivity index (χ3v) is 5.70. The Morgan fingerprint density at radius 3 is 2.24 bits per heavy atom. The number of pyridine rings is 1. The molecule has 5 heteroatoms. The van der Waals surface area contributed by atoms with Crippen LogP contribution >= 0.6 is 0 Å². The van der Waals surface area contributed by atoms with Gasteiger partial charge in [-0.2, -0.15) is 0 Å². The van der Waals surface area contributed by atoms with Crippen LogP contribution in [0.15, 0.2) is 24.3 Å². The molecule has 25 heavy (non-hydrogen) atoms. The third kappa shape index (κ3) is 3.18. The van der Waals surface area contributed by atoms with Crippen molar-refractivity contribution in [2.75, 3.05) is 56.1 Å². The Labute approximate surface area is 150 Å². The number of piperazine rings is 1. The molecule has 0 atom stereocenters. The van der Waals surface area contributed by atoms with Crippen LogP contribution in [-0.4, -0.2) is 62.2 Å². The summed E-state index contributed by atoms with van der Waals surface area (Å²) in [7, 11) is 2.19. The van der Waals surface area contributed by atoms with Gasteiger partial charge in [0.25, 0.3) is 0 Å². The van der Waals surface area contributed by atoms with Crippen LogP contribution < -0.4 is 15.5 Å². The summed E-state index contributed by atoms with van der Waals surface area (Å²) in [6.45, 7) is 8.51. The zero-order valence-electron chi connectivity index (χ0n) is 15.4. The first-order valence-corrected chi connectivity index (χ1v) is 9.47. The maximum absolute atomic E-state index is 6.11. The van der Waals surface area contributed by atoms with E-state index in [2.05, 4.69) is 52.9 Å². The van der Waals surface area contributed by atoms with Crippen LogP contribution in [0.4, 0.5) is 11.5 Å². The molecule has 2 fully saturated rings. The fourth-order valence-corrected chi connectivity index (χ4v) is 4.13. The fourth-order valence-electron chi connectivity index (χ4n) is 4.13. The Bertz CT molecular complexity index is 743. The first-order valence-electron chi connectivity index (χ1n) is 9.47. The lowest BCUT2D eigenvalue weighted by Crippen LogP contribution is -2.45. The minimum Gasteiger partial charge on any atom is -0.369 e. The van der Waals surface area contributed by atoms with Crippen LogP contribution in [0, 0.1) is 6.92 Å². The van der Waals surface area contributed by atoms with E-state index >= 15 is 0 Å². The third-order valence-electron chi connectivity index (χ3n) is 5.70. The number of hydrogen-bond donors (Lipinski definition) is 1. The van der Waals surface area contributed by atoms with Crippen molar-refractivity contribution in [1.82, 2.24) is 9.88 Å². The minimum atomic E-state index is 0.348. The number of nitrogens with two attached hydrogens (primary N) is 1. The number of likely N-dealkylation sites (N-methyl/N-ethyl adjacent to an activating group) is 1. The van der Waals surface area contributed by atoms with Gasteiger partial charge in [0, 0.05) is 56.1 Å². The van der Waals surface area contributed by atoms with Crippen molar-refractivity contribution < 1.29 is 0 Å². The summed E-state index contributed by atoms with van der Waals surface area (Å²) in [4.78, 5) is 12.4. The molecule has 0 radical (unpaired) electrons. The number of piperidine rings is 1. The fraction of sp³-hybridized carbons (Fsp3) is 0.550. The second-order valence-electron chi connectivity index (χ2n) is 7.53. The minimum absolute atomic E-state index is 0.348. The molecule has 0 amide bonds. The highest BCUT2D eigenvalue weighted by Crippen LogP contribution is 2.36. The van der Waals surface area contributed by atoms with Gasteiger partial charge < -0.3 is 20.4 Å². The number of aromatic nitrogens is 1. The SMILES string of the molecule is Cc1nc(N2CCN(C)CC2)c2ccccc2c1N1CCC(N)CC1. The van der Waals surface area contributed by atoms with Gasteiger partial charge >= 0.3 is 0 Å². The molecule has 3 heterocycles. The van der Waals surface area contributed by atoms with Crippen molar-refractivity contribution in [3.63, 3.8) is 0 Å². The number of fused-ring (bicyclic) bond motifs is 1. The topological polar surface area (TPSA) is 48.6 Å². The zero-order valence-corrected chi connectivity index (χ0v) is 15.4. The molecule has 134 valence electrons. The quantitative estimate of drug-likeness (QED) is 0.909. The standard InChI is InChI=1S/C20H29N5/c1-15-19(24-9-7-16(21)8-10-24)17-5-3-4-6-18(17)20(22-15)25-13-11-23(2)12-14-25/h3-6,16H,7-14,21H2,1-2H3. The number of nitrogens with zero attached hydrogens (tertiary/aromatic N) is 4. The number of hydrogen-bond acceptors (Lipinski definition) is 5. The van der Waals surface area contributed by atoms with Crippen molar-refractivity contribution in [3.8, 4) is 0 Å². The monoisotopic (exact) mass is 339 g/mol. The lowest BCUT2D eigenvalue weighted by molar-refractivity contribution is 0.312. The molecule has 0 bridgehead atoms. The maximum atomic E-state index is 6.11. The first kappa shape index (κ1) is 16.6. The van der Waals surface area contributed by atoms with Crippen molar-refractivity contribution in [2.45, 2.75) is 25.8 Å². The van der Waals surface area contributed by atoms with Crippen molar-refractivity contribution in [2.24, 2.45) is 5.73 Å². The van der Waals surface area contributed by atoms with Crippen molar-refractivity contribution >= 4 is 22.3 Å². The Balaban J connectivity index is 1.76. The van der Waals surface area contributed by atoms with Crippen molar-refractivity contribution in [3.05, 3.63) is 30.0 Å². The lowest BCUT2D eigenvalue weighted by Gasteiger charge is -2.36. The molecule has 1 aromatic heterocycles. The van der Waals surface area contributed by atoms with Gasteiger partial charge in [0.15, 0.2) is 0 Å². The van der Waals surface area contributed by atoms with E-state index in [1.165, 1.54) is 16.5 Å². The summed E-state index contributed by atoms with van der Waals surface area (Å²) in [6, 6.07) is 9.12. The molecule has 5 nitrogen and oxygen atoms in total. The number of aryl methyl sites for hydroxylation is 1. The molecule has 2 aromatic rings. The molecule has 0 saturated carbocycles. The molecule has 0 unspecified atom stereocenters. The van der Waals surface area contributed by atoms with Crippen LogP contribution in [0.5, 0.6) is 0 Å². The van der Waals surface area contributed by atoms with Crippen LogP contribution in [0.2, 0.25) is 0 Å². The van der Waals surface area contributed by atoms with Gasteiger partial charge in [0.05, 0.1) is 11.4 Å². The molecule has 1 aromatic carbocycles. The Hall–Kier alpha value is -1.85. The molecular formula is C20H29N5.